The Bertz CT molecular complexity index is 363. The zero-order chi connectivity index (χ0) is 13.0. The lowest BCUT2D eigenvalue weighted by atomic mass is 10.1. The van der Waals surface area contributed by atoms with Gasteiger partial charge in [-0.05, 0) is 19.4 Å². The largest absolute Gasteiger partial charge is 0.350 e. The molecule has 0 atom stereocenters. The van der Waals surface area contributed by atoms with E-state index in [2.05, 4.69) is 27.7 Å². The van der Waals surface area contributed by atoms with Gasteiger partial charge in [0.05, 0.1) is 0 Å². The van der Waals surface area contributed by atoms with Crippen molar-refractivity contribution in [1.29, 1.82) is 0 Å². The molecule has 1 fully saturated rings. The van der Waals surface area contributed by atoms with Gasteiger partial charge in [-0.15, -0.1) is 0 Å². The Kier molecular flexibility index (Phi) is 4.30. The number of carbonyl (C=O) groups excluding carboxylic acids is 2. The predicted molar refractivity (Wildman–Crippen MR) is 68.1 cm³/mol. The SMILES string of the molecule is CCN(CCNC(=O)C1=NNC(=O)CC1)C1CC1. The quantitative estimate of drug-likeness (QED) is 0.690. The molecule has 0 bridgehead atoms. The molecule has 2 aliphatic rings. The van der Waals surface area contributed by atoms with E-state index in [1.54, 1.807) is 0 Å². The van der Waals surface area contributed by atoms with Gasteiger partial charge in [0.15, 0.2) is 0 Å². The van der Waals surface area contributed by atoms with Crippen LogP contribution in [0.1, 0.15) is 32.6 Å². The van der Waals surface area contributed by atoms with Gasteiger partial charge >= 0.3 is 0 Å². The van der Waals surface area contributed by atoms with Crippen molar-refractivity contribution >= 4 is 17.5 Å². The lowest BCUT2D eigenvalue weighted by molar-refractivity contribution is -0.121. The van der Waals surface area contributed by atoms with E-state index >= 15 is 0 Å². The second-order valence-electron chi connectivity index (χ2n) is 4.71. The van der Waals surface area contributed by atoms with Gasteiger partial charge in [0.25, 0.3) is 5.91 Å². The van der Waals surface area contributed by atoms with Crippen LogP contribution in [0.15, 0.2) is 5.10 Å². The van der Waals surface area contributed by atoms with Crippen LogP contribution in [0.2, 0.25) is 0 Å². The fourth-order valence-electron chi connectivity index (χ4n) is 2.09. The summed E-state index contributed by atoms with van der Waals surface area (Å²) in [6, 6.07) is 0.721. The smallest absolute Gasteiger partial charge is 0.267 e. The number of nitrogens with zero attached hydrogens (tertiary/aromatic N) is 2. The molecule has 1 aliphatic carbocycles. The minimum atomic E-state index is -0.165. The number of hydrogen-bond acceptors (Lipinski definition) is 4. The van der Waals surface area contributed by atoms with E-state index < -0.39 is 0 Å². The van der Waals surface area contributed by atoms with Crippen molar-refractivity contribution in [2.75, 3.05) is 19.6 Å². The zero-order valence-corrected chi connectivity index (χ0v) is 10.7. The number of rotatable bonds is 6. The van der Waals surface area contributed by atoms with Crippen LogP contribution in [0.25, 0.3) is 0 Å². The Morgan fingerprint density at radius 1 is 1.50 bits per heavy atom. The standard InChI is InChI=1S/C12H20N4O2/c1-2-16(9-3-4-9)8-7-13-12(18)10-5-6-11(17)15-14-10/h9H,2-8H2,1H3,(H,13,18)(H,15,17). The first-order valence-electron chi connectivity index (χ1n) is 6.58. The molecule has 0 saturated heterocycles. The van der Waals surface area contributed by atoms with Crippen molar-refractivity contribution in [3.05, 3.63) is 0 Å². The molecule has 6 heteroatoms. The molecule has 0 aromatic rings. The van der Waals surface area contributed by atoms with Gasteiger partial charge in [-0.2, -0.15) is 5.10 Å². The number of likely N-dealkylation sites (N-methyl/N-ethyl adjacent to an activating group) is 1. The average Bonchev–Trinajstić information content (AvgIpc) is 3.19. The average molecular weight is 252 g/mol. The van der Waals surface area contributed by atoms with Crippen LogP contribution < -0.4 is 10.7 Å². The first kappa shape index (κ1) is 13.0. The van der Waals surface area contributed by atoms with Crippen molar-refractivity contribution in [1.82, 2.24) is 15.6 Å². The summed E-state index contributed by atoms with van der Waals surface area (Å²) in [5.41, 5.74) is 2.75. The molecule has 0 aromatic carbocycles. The maximum atomic E-state index is 11.7. The van der Waals surface area contributed by atoms with E-state index in [-0.39, 0.29) is 11.8 Å². The van der Waals surface area contributed by atoms with Gasteiger partial charge in [-0.3, -0.25) is 14.5 Å². The number of amides is 2. The molecule has 1 heterocycles. The molecule has 0 aromatic heterocycles. The summed E-state index contributed by atoms with van der Waals surface area (Å²) in [4.78, 5) is 25.0. The summed E-state index contributed by atoms with van der Waals surface area (Å²) in [7, 11) is 0. The molecule has 2 rings (SSSR count). The van der Waals surface area contributed by atoms with Crippen molar-refractivity contribution in [3.8, 4) is 0 Å². The summed E-state index contributed by atoms with van der Waals surface area (Å²) in [5, 5.41) is 6.62. The van der Waals surface area contributed by atoms with Crippen LogP contribution >= 0.6 is 0 Å². The highest BCUT2D eigenvalue weighted by Gasteiger charge is 2.27. The Labute approximate surface area is 107 Å². The van der Waals surface area contributed by atoms with Gasteiger partial charge in [0, 0.05) is 32.0 Å². The third-order valence-electron chi connectivity index (χ3n) is 3.32. The molecule has 100 valence electrons. The lowest BCUT2D eigenvalue weighted by Crippen LogP contribution is -2.41. The van der Waals surface area contributed by atoms with Crippen LogP contribution in [-0.4, -0.2) is 48.1 Å². The fourth-order valence-corrected chi connectivity index (χ4v) is 2.09. The van der Waals surface area contributed by atoms with Crippen molar-refractivity contribution in [2.45, 2.75) is 38.6 Å². The van der Waals surface area contributed by atoms with E-state index in [9.17, 15) is 9.59 Å². The van der Waals surface area contributed by atoms with Gasteiger partial charge in [-0.1, -0.05) is 6.92 Å². The highest BCUT2D eigenvalue weighted by atomic mass is 16.2. The Morgan fingerprint density at radius 2 is 2.28 bits per heavy atom. The molecule has 0 spiro atoms. The molecule has 1 aliphatic heterocycles. The van der Waals surface area contributed by atoms with E-state index in [0.29, 0.717) is 25.1 Å². The molecule has 2 amide bonds. The van der Waals surface area contributed by atoms with Gasteiger partial charge < -0.3 is 5.32 Å². The van der Waals surface area contributed by atoms with Gasteiger partial charge in [0.1, 0.15) is 5.71 Å². The maximum Gasteiger partial charge on any atom is 0.267 e. The minimum Gasteiger partial charge on any atom is -0.350 e. The second-order valence-corrected chi connectivity index (χ2v) is 4.71. The molecule has 6 nitrogen and oxygen atoms in total. The minimum absolute atomic E-state index is 0.127. The van der Waals surface area contributed by atoms with E-state index in [1.807, 2.05) is 0 Å². The second kappa shape index (κ2) is 5.95. The fraction of sp³-hybridized carbons (Fsp3) is 0.750. The molecule has 0 radical (unpaired) electrons. The zero-order valence-electron chi connectivity index (χ0n) is 10.7. The topological polar surface area (TPSA) is 73.8 Å². The molecular formula is C12H20N4O2. The summed E-state index contributed by atoms with van der Waals surface area (Å²) < 4.78 is 0. The van der Waals surface area contributed by atoms with Crippen LogP contribution in [0.3, 0.4) is 0 Å². The predicted octanol–water partition coefficient (Wildman–Crippen LogP) is -0.147. The van der Waals surface area contributed by atoms with Crippen molar-refractivity contribution in [2.24, 2.45) is 5.10 Å². The van der Waals surface area contributed by atoms with Crippen LogP contribution in [0.5, 0.6) is 0 Å². The monoisotopic (exact) mass is 252 g/mol. The first-order valence-corrected chi connectivity index (χ1v) is 6.58. The van der Waals surface area contributed by atoms with E-state index in [0.717, 1.165) is 19.1 Å². The highest BCUT2D eigenvalue weighted by molar-refractivity contribution is 6.39. The summed E-state index contributed by atoms with van der Waals surface area (Å²) in [6.45, 7) is 4.68. The Hall–Kier alpha value is -1.43. The van der Waals surface area contributed by atoms with Crippen molar-refractivity contribution in [3.63, 3.8) is 0 Å². The summed E-state index contributed by atoms with van der Waals surface area (Å²) in [6.07, 6.45) is 3.33. The highest BCUT2D eigenvalue weighted by Crippen LogP contribution is 2.25. The van der Waals surface area contributed by atoms with Gasteiger partial charge in [-0.25, -0.2) is 5.43 Å². The molecule has 0 unspecified atom stereocenters. The number of carbonyl (C=O) groups is 2. The normalized spacial score (nSPS) is 19.4. The third kappa shape index (κ3) is 3.53. The third-order valence-corrected chi connectivity index (χ3v) is 3.32. The first-order chi connectivity index (χ1) is 8.70. The lowest BCUT2D eigenvalue weighted by Gasteiger charge is -2.20. The number of nitrogens with one attached hydrogen (secondary N) is 2. The maximum absolute atomic E-state index is 11.7. The van der Waals surface area contributed by atoms with Crippen LogP contribution in [-0.2, 0) is 9.59 Å². The molecule has 2 N–H and O–H groups in total. The summed E-state index contributed by atoms with van der Waals surface area (Å²) in [5.74, 6) is -0.292. The Morgan fingerprint density at radius 3 is 2.83 bits per heavy atom. The number of hydrogen-bond donors (Lipinski definition) is 2. The van der Waals surface area contributed by atoms with E-state index in [1.165, 1.54) is 12.8 Å². The van der Waals surface area contributed by atoms with Gasteiger partial charge in [0.2, 0.25) is 5.91 Å². The summed E-state index contributed by atoms with van der Waals surface area (Å²) >= 11 is 0. The van der Waals surface area contributed by atoms with E-state index in [4.69, 9.17) is 0 Å². The van der Waals surface area contributed by atoms with Crippen LogP contribution in [0.4, 0.5) is 0 Å². The molecular weight excluding hydrogens is 232 g/mol. The number of hydrazone groups is 1. The van der Waals surface area contributed by atoms with Crippen molar-refractivity contribution < 1.29 is 9.59 Å². The Balaban J connectivity index is 1.69. The molecule has 1 saturated carbocycles. The van der Waals surface area contributed by atoms with Crippen LogP contribution in [0, 0.1) is 0 Å². The molecule has 18 heavy (non-hydrogen) atoms.